The van der Waals surface area contributed by atoms with Crippen molar-refractivity contribution in [1.82, 2.24) is 25.3 Å². The minimum atomic E-state index is -0.164. The molecule has 1 N–H and O–H groups in total. The summed E-state index contributed by atoms with van der Waals surface area (Å²) in [5.74, 6) is 0.535. The van der Waals surface area contributed by atoms with Crippen molar-refractivity contribution in [2.75, 3.05) is 33.7 Å². The number of carbonyl (C=O) groups is 1. The molecule has 0 spiro atoms. The van der Waals surface area contributed by atoms with Crippen molar-refractivity contribution >= 4 is 5.91 Å². The number of rotatable bonds is 4. The van der Waals surface area contributed by atoms with Crippen LogP contribution >= 0.6 is 0 Å². The lowest BCUT2D eigenvalue weighted by atomic mass is 10.2. The Bertz CT molecular complexity index is 497. The maximum atomic E-state index is 12.4. The van der Waals surface area contributed by atoms with E-state index in [9.17, 15) is 4.79 Å². The number of amides is 1. The Balaban J connectivity index is 1.61. The quantitative estimate of drug-likeness (QED) is 0.879. The van der Waals surface area contributed by atoms with Gasteiger partial charge < -0.3 is 19.6 Å². The molecule has 21 heavy (non-hydrogen) atoms. The highest BCUT2D eigenvalue weighted by molar-refractivity contribution is 5.90. The number of hydrogen-bond acceptors (Lipinski definition) is 6. The topological polar surface area (TPSA) is 74.5 Å². The average Bonchev–Trinajstić information content (AvgIpc) is 3.18. The largest absolute Gasteiger partial charge is 0.337 e. The average molecular weight is 293 g/mol. The van der Waals surface area contributed by atoms with E-state index in [1.54, 1.807) is 11.9 Å². The zero-order valence-electron chi connectivity index (χ0n) is 12.7. The van der Waals surface area contributed by atoms with Crippen LogP contribution in [-0.2, 0) is 0 Å². The van der Waals surface area contributed by atoms with Crippen LogP contribution in [0.1, 0.15) is 48.2 Å². The fraction of sp³-hybridized carbons (Fsp3) is 0.786. The van der Waals surface area contributed by atoms with Crippen LogP contribution in [0.4, 0.5) is 0 Å². The Morgan fingerprint density at radius 1 is 1.48 bits per heavy atom. The minimum absolute atomic E-state index is 0.102. The number of likely N-dealkylation sites (N-methyl/N-ethyl adjacent to an activating group) is 2. The van der Waals surface area contributed by atoms with Crippen LogP contribution in [-0.4, -0.2) is 65.6 Å². The molecule has 0 aliphatic carbocycles. The molecule has 0 aromatic carbocycles. The SMILES string of the molecule is CN(CC1CCCN1C)C(=O)c1noc(C2CCCN2)n1. The van der Waals surface area contributed by atoms with Gasteiger partial charge in [-0.15, -0.1) is 0 Å². The summed E-state index contributed by atoms with van der Waals surface area (Å²) in [5.41, 5.74) is 0. The van der Waals surface area contributed by atoms with Gasteiger partial charge in [0.25, 0.3) is 11.7 Å². The van der Waals surface area contributed by atoms with E-state index in [0.29, 0.717) is 18.5 Å². The highest BCUT2D eigenvalue weighted by Gasteiger charge is 2.28. The van der Waals surface area contributed by atoms with Gasteiger partial charge >= 0.3 is 0 Å². The van der Waals surface area contributed by atoms with Crippen LogP contribution in [0.15, 0.2) is 4.52 Å². The zero-order chi connectivity index (χ0) is 14.8. The lowest BCUT2D eigenvalue weighted by molar-refractivity contribution is 0.0746. The van der Waals surface area contributed by atoms with Gasteiger partial charge in [0.15, 0.2) is 0 Å². The summed E-state index contributed by atoms with van der Waals surface area (Å²) in [6.45, 7) is 2.78. The molecule has 1 amide bonds. The van der Waals surface area contributed by atoms with Crippen molar-refractivity contribution in [3.63, 3.8) is 0 Å². The second kappa shape index (κ2) is 6.11. The van der Waals surface area contributed by atoms with Crippen molar-refractivity contribution in [3.05, 3.63) is 11.7 Å². The molecule has 0 saturated carbocycles. The summed E-state index contributed by atoms with van der Waals surface area (Å²) in [7, 11) is 3.91. The first-order chi connectivity index (χ1) is 10.1. The molecule has 3 rings (SSSR count). The number of hydrogen-bond donors (Lipinski definition) is 1. The Kier molecular flexibility index (Phi) is 4.21. The summed E-state index contributed by atoms with van der Waals surface area (Å²) in [5, 5.41) is 7.14. The van der Waals surface area contributed by atoms with Gasteiger partial charge in [-0.25, -0.2) is 0 Å². The molecule has 1 aromatic rings. The maximum Gasteiger partial charge on any atom is 0.295 e. The molecule has 7 nitrogen and oxygen atoms in total. The Morgan fingerprint density at radius 2 is 2.33 bits per heavy atom. The van der Waals surface area contributed by atoms with Gasteiger partial charge in [0.1, 0.15) is 0 Å². The van der Waals surface area contributed by atoms with Crippen molar-refractivity contribution in [2.45, 2.75) is 37.8 Å². The van der Waals surface area contributed by atoms with Crippen LogP contribution < -0.4 is 5.32 Å². The van der Waals surface area contributed by atoms with Gasteiger partial charge in [0.2, 0.25) is 5.89 Å². The first-order valence-corrected chi connectivity index (χ1v) is 7.68. The highest BCUT2D eigenvalue weighted by atomic mass is 16.5. The lowest BCUT2D eigenvalue weighted by Crippen LogP contribution is -2.39. The molecule has 3 heterocycles. The third-order valence-electron chi connectivity index (χ3n) is 4.49. The lowest BCUT2D eigenvalue weighted by Gasteiger charge is -2.24. The Labute approximate surface area is 124 Å². The Morgan fingerprint density at radius 3 is 3.00 bits per heavy atom. The van der Waals surface area contributed by atoms with Gasteiger partial charge in [0, 0.05) is 19.6 Å². The number of nitrogens with zero attached hydrogens (tertiary/aromatic N) is 4. The third-order valence-corrected chi connectivity index (χ3v) is 4.49. The van der Waals surface area contributed by atoms with E-state index in [-0.39, 0.29) is 17.8 Å². The predicted molar refractivity (Wildman–Crippen MR) is 76.9 cm³/mol. The number of nitrogens with one attached hydrogen (secondary N) is 1. The molecule has 2 unspecified atom stereocenters. The van der Waals surface area contributed by atoms with Gasteiger partial charge in [-0.3, -0.25) is 4.79 Å². The van der Waals surface area contributed by atoms with Crippen LogP contribution in [0.25, 0.3) is 0 Å². The Hall–Kier alpha value is -1.47. The van der Waals surface area contributed by atoms with E-state index in [4.69, 9.17) is 4.52 Å². The van der Waals surface area contributed by atoms with Gasteiger partial charge in [0.05, 0.1) is 6.04 Å². The minimum Gasteiger partial charge on any atom is -0.337 e. The van der Waals surface area contributed by atoms with Crippen molar-refractivity contribution < 1.29 is 9.32 Å². The molecule has 2 fully saturated rings. The predicted octanol–water partition coefficient (Wildman–Crippen LogP) is 0.660. The number of aromatic nitrogens is 2. The maximum absolute atomic E-state index is 12.4. The van der Waals surface area contributed by atoms with Crippen LogP contribution in [0.5, 0.6) is 0 Å². The molecule has 0 radical (unpaired) electrons. The zero-order valence-corrected chi connectivity index (χ0v) is 12.7. The first kappa shape index (κ1) is 14.5. The van der Waals surface area contributed by atoms with Crippen LogP contribution in [0.2, 0.25) is 0 Å². The van der Waals surface area contributed by atoms with Gasteiger partial charge in [-0.2, -0.15) is 4.98 Å². The van der Waals surface area contributed by atoms with E-state index in [2.05, 4.69) is 27.4 Å². The van der Waals surface area contributed by atoms with E-state index < -0.39 is 0 Å². The summed E-state index contributed by atoms with van der Waals surface area (Å²) < 4.78 is 5.23. The summed E-state index contributed by atoms with van der Waals surface area (Å²) in [4.78, 5) is 20.6. The molecule has 2 aliphatic rings. The van der Waals surface area contributed by atoms with E-state index in [0.717, 1.165) is 32.4 Å². The molecule has 1 aromatic heterocycles. The third kappa shape index (κ3) is 3.08. The normalized spacial score (nSPS) is 26.4. The number of carbonyl (C=O) groups excluding carboxylic acids is 1. The molecule has 7 heteroatoms. The van der Waals surface area contributed by atoms with E-state index >= 15 is 0 Å². The smallest absolute Gasteiger partial charge is 0.295 e. The number of likely N-dealkylation sites (tertiary alicyclic amines) is 1. The molecule has 2 atom stereocenters. The van der Waals surface area contributed by atoms with E-state index in [1.165, 1.54) is 6.42 Å². The molecule has 2 aliphatic heterocycles. The van der Waals surface area contributed by atoms with E-state index in [1.807, 2.05) is 0 Å². The first-order valence-electron chi connectivity index (χ1n) is 7.68. The monoisotopic (exact) mass is 293 g/mol. The standard InChI is InChI=1S/C14H23N5O2/c1-18-8-4-5-10(18)9-19(2)14(20)12-16-13(21-17-12)11-6-3-7-15-11/h10-11,15H,3-9H2,1-2H3. The van der Waals surface area contributed by atoms with Crippen molar-refractivity contribution in [1.29, 1.82) is 0 Å². The second-order valence-electron chi connectivity index (χ2n) is 6.07. The summed E-state index contributed by atoms with van der Waals surface area (Å²) in [6.07, 6.45) is 4.42. The molecule has 0 bridgehead atoms. The molecule has 116 valence electrons. The van der Waals surface area contributed by atoms with Gasteiger partial charge in [-0.1, -0.05) is 5.16 Å². The van der Waals surface area contributed by atoms with Crippen molar-refractivity contribution in [3.8, 4) is 0 Å². The highest BCUT2D eigenvalue weighted by Crippen LogP contribution is 2.21. The van der Waals surface area contributed by atoms with Crippen LogP contribution in [0.3, 0.4) is 0 Å². The second-order valence-corrected chi connectivity index (χ2v) is 6.07. The molecule has 2 saturated heterocycles. The fourth-order valence-electron chi connectivity index (χ4n) is 3.14. The summed E-state index contributed by atoms with van der Waals surface area (Å²) >= 11 is 0. The fourth-order valence-corrected chi connectivity index (χ4v) is 3.14. The summed E-state index contributed by atoms with van der Waals surface area (Å²) in [6, 6.07) is 0.534. The van der Waals surface area contributed by atoms with Gasteiger partial charge in [-0.05, 0) is 45.8 Å². The molecular formula is C14H23N5O2. The molecular weight excluding hydrogens is 270 g/mol. The van der Waals surface area contributed by atoms with Crippen molar-refractivity contribution in [2.24, 2.45) is 0 Å². The van der Waals surface area contributed by atoms with Crippen LogP contribution in [0, 0.1) is 0 Å².